The van der Waals surface area contributed by atoms with E-state index in [1.165, 1.54) is 6.20 Å². The van der Waals surface area contributed by atoms with Crippen LogP contribution in [0, 0.1) is 6.92 Å². The van der Waals surface area contributed by atoms with Crippen molar-refractivity contribution in [2.75, 3.05) is 0 Å². The van der Waals surface area contributed by atoms with Crippen molar-refractivity contribution in [3.63, 3.8) is 0 Å². The van der Waals surface area contributed by atoms with E-state index in [0.717, 1.165) is 0 Å². The summed E-state index contributed by atoms with van der Waals surface area (Å²) in [4.78, 5) is 30.8. The Morgan fingerprint density at radius 3 is 2.41 bits per heavy atom. The molecule has 0 fully saturated rings. The molecule has 0 spiro atoms. The third-order valence-electron chi connectivity index (χ3n) is 2.77. The quantitative estimate of drug-likeness (QED) is 0.866. The van der Waals surface area contributed by atoms with Gasteiger partial charge in [-0.3, -0.25) is 4.79 Å². The monoisotopic (exact) mass is 319 g/mol. The highest BCUT2D eigenvalue weighted by Crippen LogP contribution is 2.22. The number of nitrogens with one attached hydrogen (secondary N) is 1. The van der Waals surface area contributed by atoms with Crippen LogP contribution in [0.5, 0.6) is 0 Å². The van der Waals surface area contributed by atoms with Gasteiger partial charge in [-0.05, 0) is 12.8 Å². The lowest BCUT2D eigenvalue weighted by Gasteiger charge is -2.18. The van der Waals surface area contributed by atoms with Crippen molar-refractivity contribution in [2.24, 2.45) is 0 Å². The molecule has 1 amide bonds. The van der Waals surface area contributed by atoms with Crippen molar-refractivity contribution in [3.05, 3.63) is 23.3 Å². The molecule has 0 saturated heterocycles. The number of aliphatic carboxylic acids is 1. The van der Waals surface area contributed by atoms with Crippen molar-refractivity contribution >= 4 is 11.9 Å². The summed E-state index contributed by atoms with van der Waals surface area (Å²) in [7, 11) is 0. The Morgan fingerprint density at radius 2 is 1.95 bits per heavy atom. The zero-order valence-corrected chi connectivity index (χ0v) is 12.2. The van der Waals surface area contributed by atoms with E-state index in [9.17, 15) is 22.8 Å². The van der Waals surface area contributed by atoms with Crippen molar-refractivity contribution in [1.82, 2.24) is 15.3 Å². The first kappa shape index (κ1) is 17.9. The van der Waals surface area contributed by atoms with Crippen LogP contribution in [0.2, 0.25) is 0 Å². The molecule has 0 aliphatic heterocycles. The van der Waals surface area contributed by atoms with Crippen molar-refractivity contribution in [3.8, 4) is 0 Å². The minimum atomic E-state index is -4.71. The highest BCUT2D eigenvalue weighted by Gasteiger charge is 2.36. The van der Waals surface area contributed by atoms with Gasteiger partial charge in [-0.25, -0.2) is 14.8 Å². The third-order valence-corrected chi connectivity index (χ3v) is 2.77. The van der Waals surface area contributed by atoms with E-state index in [0.29, 0.717) is 11.5 Å². The maximum Gasteiger partial charge on any atom is 0.391 e. The van der Waals surface area contributed by atoms with E-state index in [-0.39, 0.29) is 11.5 Å². The van der Waals surface area contributed by atoms with Gasteiger partial charge in [0.05, 0.1) is 17.7 Å². The van der Waals surface area contributed by atoms with Gasteiger partial charge in [-0.15, -0.1) is 0 Å². The fraction of sp³-hybridized carbons (Fsp3) is 0.538. The first-order valence-electron chi connectivity index (χ1n) is 6.45. The molecule has 0 saturated carbocycles. The smallest absolute Gasteiger partial charge is 0.391 e. The summed E-state index contributed by atoms with van der Waals surface area (Å²) in [5, 5.41) is 10.7. The highest BCUT2D eigenvalue weighted by atomic mass is 19.4. The SMILES string of the molecule is Cc1ncc(C(=O)NC(CC(F)(F)F)C(=O)O)c(C(C)C)n1. The average Bonchev–Trinajstić information content (AvgIpc) is 2.35. The Bertz CT molecular complexity index is 573. The number of alkyl halides is 3. The molecule has 0 aliphatic carbocycles. The Hall–Kier alpha value is -2.19. The Kier molecular flexibility index (Phi) is 5.45. The fourth-order valence-corrected chi connectivity index (χ4v) is 1.77. The summed E-state index contributed by atoms with van der Waals surface area (Å²) in [6.45, 7) is 5.11. The van der Waals surface area contributed by atoms with E-state index in [1.807, 2.05) is 5.32 Å². The van der Waals surface area contributed by atoms with Gasteiger partial charge < -0.3 is 10.4 Å². The summed E-state index contributed by atoms with van der Waals surface area (Å²) >= 11 is 0. The van der Waals surface area contributed by atoms with E-state index in [1.54, 1.807) is 20.8 Å². The van der Waals surface area contributed by atoms with Crippen LogP contribution in [-0.4, -0.2) is 39.2 Å². The molecule has 0 aromatic carbocycles. The van der Waals surface area contributed by atoms with Crippen LogP contribution in [0.25, 0.3) is 0 Å². The number of carbonyl (C=O) groups is 2. The Morgan fingerprint density at radius 1 is 1.36 bits per heavy atom. The molecular formula is C13H16F3N3O3. The number of hydrogen-bond donors (Lipinski definition) is 2. The van der Waals surface area contributed by atoms with E-state index in [2.05, 4.69) is 9.97 Å². The number of hydrogen-bond acceptors (Lipinski definition) is 4. The first-order valence-corrected chi connectivity index (χ1v) is 6.45. The maximum absolute atomic E-state index is 12.3. The molecule has 1 aromatic heterocycles. The molecule has 1 unspecified atom stereocenters. The van der Waals surface area contributed by atoms with Gasteiger partial charge in [0.1, 0.15) is 11.9 Å². The number of aromatic nitrogens is 2. The van der Waals surface area contributed by atoms with Crippen LogP contribution in [0.3, 0.4) is 0 Å². The zero-order chi connectivity index (χ0) is 17.1. The molecule has 1 atom stereocenters. The van der Waals surface area contributed by atoms with E-state index >= 15 is 0 Å². The minimum absolute atomic E-state index is 0.0333. The number of carboxylic acids is 1. The summed E-state index contributed by atoms with van der Waals surface area (Å²) in [5.41, 5.74) is 0.315. The number of amides is 1. The number of nitrogens with zero attached hydrogens (tertiary/aromatic N) is 2. The van der Waals surface area contributed by atoms with Gasteiger partial charge in [0.15, 0.2) is 0 Å². The molecule has 0 aliphatic rings. The summed E-state index contributed by atoms with van der Waals surface area (Å²) in [6, 6.07) is -2.06. The molecule has 9 heteroatoms. The predicted octanol–water partition coefficient (Wildman–Crippen LogP) is 2.04. The lowest BCUT2D eigenvalue weighted by atomic mass is 10.0. The van der Waals surface area contributed by atoms with Gasteiger partial charge in [-0.1, -0.05) is 13.8 Å². The molecular weight excluding hydrogens is 303 g/mol. The second-order valence-electron chi connectivity index (χ2n) is 5.05. The lowest BCUT2D eigenvalue weighted by molar-refractivity contribution is -0.157. The van der Waals surface area contributed by atoms with E-state index < -0.39 is 30.5 Å². The zero-order valence-electron chi connectivity index (χ0n) is 12.2. The summed E-state index contributed by atoms with van der Waals surface area (Å²) < 4.78 is 37.0. The lowest BCUT2D eigenvalue weighted by Crippen LogP contribution is -2.44. The Labute approximate surface area is 124 Å². The average molecular weight is 319 g/mol. The molecule has 122 valence electrons. The largest absolute Gasteiger partial charge is 0.480 e. The maximum atomic E-state index is 12.3. The molecule has 22 heavy (non-hydrogen) atoms. The molecule has 2 N–H and O–H groups in total. The van der Waals surface area contributed by atoms with Gasteiger partial charge in [0, 0.05) is 6.20 Å². The van der Waals surface area contributed by atoms with Crippen LogP contribution in [0.15, 0.2) is 6.20 Å². The summed E-state index contributed by atoms with van der Waals surface area (Å²) in [6.07, 6.45) is -5.18. The van der Waals surface area contributed by atoms with Gasteiger partial charge in [0.2, 0.25) is 0 Å². The topological polar surface area (TPSA) is 92.2 Å². The number of rotatable bonds is 5. The third kappa shape index (κ3) is 4.97. The van der Waals surface area contributed by atoms with Gasteiger partial charge >= 0.3 is 12.1 Å². The molecule has 1 heterocycles. The molecule has 1 aromatic rings. The molecule has 6 nitrogen and oxygen atoms in total. The normalized spacial score (nSPS) is 13.0. The number of halogens is 3. The second kappa shape index (κ2) is 6.71. The second-order valence-corrected chi connectivity index (χ2v) is 5.05. The predicted molar refractivity (Wildman–Crippen MR) is 70.4 cm³/mol. The van der Waals surface area contributed by atoms with Crippen LogP contribution in [0.1, 0.15) is 48.1 Å². The van der Waals surface area contributed by atoms with Gasteiger partial charge in [0.25, 0.3) is 5.91 Å². The number of carboxylic acid groups (broad SMARTS) is 1. The van der Waals surface area contributed by atoms with Crippen LogP contribution >= 0.6 is 0 Å². The number of aryl methyl sites for hydroxylation is 1. The van der Waals surface area contributed by atoms with Crippen LogP contribution in [0.4, 0.5) is 13.2 Å². The molecule has 1 rings (SSSR count). The number of carbonyl (C=O) groups excluding carboxylic acids is 1. The molecule has 0 radical (unpaired) electrons. The highest BCUT2D eigenvalue weighted by molar-refractivity contribution is 5.97. The van der Waals surface area contributed by atoms with Crippen molar-refractivity contribution in [2.45, 2.75) is 45.3 Å². The van der Waals surface area contributed by atoms with Crippen LogP contribution < -0.4 is 5.32 Å². The Balaban J connectivity index is 3.03. The van der Waals surface area contributed by atoms with E-state index in [4.69, 9.17) is 5.11 Å². The van der Waals surface area contributed by atoms with Crippen LogP contribution in [-0.2, 0) is 4.79 Å². The standard InChI is InChI=1S/C13H16F3N3O3/c1-6(2)10-8(5-17-7(3)18-10)11(20)19-9(12(21)22)4-13(14,15)16/h5-6,9H,4H2,1-3H3,(H,19,20)(H,21,22). The summed E-state index contributed by atoms with van der Waals surface area (Å²) in [5.74, 6) is -2.47. The first-order chi connectivity index (χ1) is 10.0. The van der Waals surface area contributed by atoms with Gasteiger partial charge in [-0.2, -0.15) is 13.2 Å². The molecule has 0 bridgehead atoms. The van der Waals surface area contributed by atoms with Crippen molar-refractivity contribution in [1.29, 1.82) is 0 Å². The minimum Gasteiger partial charge on any atom is -0.480 e. The van der Waals surface area contributed by atoms with Crippen molar-refractivity contribution < 1.29 is 27.9 Å². The fourth-order valence-electron chi connectivity index (χ4n) is 1.77.